The number of nitrogens with zero attached hydrogens (tertiary/aromatic N) is 1. The third kappa shape index (κ3) is 2.13. The Morgan fingerprint density at radius 1 is 1.06 bits per heavy atom. The van der Waals surface area contributed by atoms with Gasteiger partial charge < -0.3 is 0 Å². The molecule has 2 rings (SSSR count). The number of benzene rings is 1. The summed E-state index contributed by atoms with van der Waals surface area (Å²) in [5.74, 6) is 0. The lowest BCUT2D eigenvalue weighted by Crippen LogP contribution is -2.15. The Morgan fingerprint density at radius 2 is 1.61 bits per heavy atom. The Morgan fingerprint density at radius 3 is 2.06 bits per heavy atom. The zero-order chi connectivity index (χ0) is 13.5. The maximum atomic E-state index is 12.3. The maximum absolute atomic E-state index is 12.3. The molecule has 2 aromatic rings. The molecule has 18 heavy (non-hydrogen) atoms. The molecule has 1 N–H and O–H groups in total. The first-order valence-corrected chi connectivity index (χ1v) is 6.20. The second-order valence-electron chi connectivity index (χ2n) is 5.84. The molecular weight excluding hydrogens is 224 g/mol. The van der Waals surface area contributed by atoms with Crippen molar-refractivity contribution in [2.75, 3.05) is 0 Å². The fourth-order valence-corrected chi connectivity index (χ4v) is 2.13. The molecule has 3 heteroatoms. The molecule has 0 bridgehead atoms. The molecule has 0 aliphatic heterocycles. The highest BCUT2D eigenvalue weighted by Gasteiger charge is 2.22. The number of nitrogens with one attached hydrogen (secondary N) is 1. The van der Waals surface area contributed by atoms with Crippen LogP contribution in [-0.4, -0.2) is 9.78 Å². The smallest absolute Gasteiger partial charge is 0.274 e. The third-order valence-electron chi connectivity index (χ3n) is 3.16. The van der Waals surface area contributed by atoms with Crippen LogP contribution in [0.25, 0.3) is 5.69 Å². The summed E-state index contributed by atoms with van der Waals surface area (Å²) in [6.07, 6.45) is 0. The van der Waals surface area contributed by atoms with Gasteiger partial charge in [0.1, 0.15) is 0 Å². The Labute approximate surface area is 107 Å². The van der Waals surface area contributed by atoms with Gasteiger partial charge in [-0.15, -0.1) is 0 Å². The molecule has 0 aliphatic carbocycles. The Bertz CT molecular complexity index is 609. The van der Waals surface area contributed by atoms with Crippen LogP contribution in [0.15, 0.2) is 29.1 Å². The molecule has 1 heterocycles. The minimum Gasteiger partial charge on any atom is -0.294 e. The van der Waals surface area contributed by atoms with Crippen molar-refractivity contribution in [2.24, 2.45) is 0 Å². The summed E-state index contributed by atoms with van der Waals surface area (Å²) in [4.78, 5) is 12.3. The number of aromatic nitrogens is 2. The molecule has 1 aromatic heterocycles. The highest BCUT2D eigenvalue weighted by molar-refractivity contribution is 5.36. The van der Waals surface area contributed by atoms with E-state index in [4.69, 9.17) is 0 Å². The summed E-state index contributed by atoms with van der Waals surface area (Å²) < 4.78 is 1.62. The van der Waals surface area contributed by atoms with Gasteiger partial charge in [-0.1, -0.05) is 38.5 Å². The van der Waals surface area contributed by atoms with E-state index >= 15 is 0 Å². The molecule has 0 radical (unpaired) electrons. The van der Waals surface area contributed by atoms with Crippen LogP contribution in [0, 0.1) is 13.8 Å². The van der Waals surface area contributed by atoms with Crippen LogP contribution in [0.4, 0.5) is 0 Å². The molecule has 3 nitrogen and oxygen atoms in total. The molecule has 0 amide bonds. The Kier molecular flexibility index (Phi) is 2.93. The van der Waals surface area contributed by atoms with Crippen molar-refractivity contribution in [1.82, 2.24) is 9.78 Å². The fraction of sp³-hybridized carbons (Fsp3) is 0.400. The Hall–Kier alpha value is -1.77. The van der Waals surface area contributed by atoms with E-state index in [0.717, 1.165) is 16.9 Å². The van der Waals surface area contributed by atoms with Crippen molar-refractivity contribution in [3.8, 4) is 5.69 Å². The van der Waals surface area contributed by atoms with Crippen LogP contribution in [0.5, 0.6) is 0 Å². The minimum atomic E-state index is -0.0564. The largest absolute Gasteiger partial charge is 0.294 e. The van der Waals surface area contributed by atoms with E-state index in [-0.39, 0.29) is 11.0 Å². The average Bonchev–Trinajstić information content (AvgIpc) is 2.57. The van der Waals surface area contributed by atoms with E-state index in [1.807, 2.05) is 38.1 Å². The molecule has 0 atom stereocenters. The van der Waals surface area contributed by atoms with Gasteiger partial charge in [-0.2, -0.15) is 0 Å². The van der Waals surface area contributed by atoms with Crippen LogP contribution in [0.2, 0.25) is 0 Å². The first-order valence-electron chi connectivity index (χ1n) is 6.20. The number of hydrogen-bond donors (Lipinski definition) is 1. The molecule has 0 fully saturated rings. The molecule has 0 aliphatic rings. The van der Waals surface area contributed by atoms with Crippen LogP contribution < -0.4 is 5.56 Å². The second-order valence-corrected chi connectivity index (χ2v) is 5.84. The minimum absolute atomic E-state index is 0.0313. The van der Waals surface area contributed by atoms with Gasteiger partial charge in [-0.05, 0) is 26.0 Å². The topological polar surface area (TPSA) is 37.8 Å². The highest BCUT2D eigenvalue weighted by atomic mass is 16.1. The summed E-state index contributed by atoms with van der Waals surface area (Å²) in [5.41, 5.74) is 3.83. The van der Waals surface area contributed by atoms with Crippen molar-refractivity contribution < 1.29 is 0 Å². The summed E-state index contributed by atoms with van der Waals surface area (Å²) in [6.45, 7) is 10.2. The zero-order valence-corrected chi connectivity index (χ0v) is 11.7. The van der Waals surface area contributed by atoms with Crippen molar-refractivity contribution in [1.29, 1.82) is 0 Å². The van der Waals surface area contributed by atoms with Crippen LogP contribution in [0.1, 0.15) is 37.6 Å². The van der Waals surface area contributed by atoms with Crippen molar-refractivity contribution in [3.63, 3.8) is 0 Å². The molecule has 1 aromatic carbocycles. The number of H-pyrrole nitrogens is 1. The molecular formula is C15H20N2O. The second kappa shape index (κ2) is 4.16. The lowest BCUT2D eigenvalue weighted by molar-refractivity contribution is 0.557. The lowest BCUT2D eigenvalue weighted by atomic mass is 9.90. The Balaban J connectivity index is 2.60. The SMILES string of the molecule is Cc1ccc(-n2[nH]c(C(C)(C)C)c(C)c2=O)cc1. The third-order valence-corrected chi connectivity index (χ3v) is 3.16. The summed E-state index contributed by atoms with van der Waals surface area (Å²) >= 11 is 0. The van der Waals surface area contributed by atoms with Crippen LogP contribution in [-0.2, 0) is 5.41 Å². The fourth-order valence-electron chi connectivity index (χ4n) is 2.13. The standard InChI is InChI=1S/C15H20N2O/c1-10-6-8-12(9-7-10)17-14(18)11(2)13(16-17)15(3,4)5/h6-9,16H,1-5H3. The predicted octanol–water partition coefficient (Wildman–Crippen LogP) is 3.08. The number of aryl methyl sites for hydroxylation is 1. The number of rotatable bonds is 1. The first-order chi connectivity index (χ1) is 8.30. The van der Waals surface area contributed by atoms with E-state index in [0.29, 0.717) is 0 Å². The monoisotopic (exact) mass is 244 g/mol. The van der Waals surface area contributed by atoms with Crippen molar-refractivity contribution in [2.45, 2.75) is 40.0 Å². The normalized spacial score (nSPS) is 11.8. The quantitative estimate of drug-likeness (QED) is 0.822. The van der Waals surface area contributed by atoms with Gasteiger partial charge in [0, 0.05) is 16.7 Å². The predicted molar refractivity (Wildman–Crippen MR) is 74.6 cm³/mol. The van der Waals surface area contributed by atoms with Gasteiger partial charge >= 0.3 is 0 Å². The highest BCUT2D eigenvalue weighted by Crippen LogP contribution is 2.22. The van der Waals surface area contributed by atoms with Gasteiger partial charge in [0.2, 0.25) is 0 Å². The average molecular weight is 244 g/mol. The van der Waals surface area contributed by atoms with E-state index in [2.05, 4.69) is 25.9 Å². The van der Waals surface area contributed by atoms with Gasteiger partial charge in [-0.3, -0.25) is 9.89 Å². The number of aromatic amines is 1. The van der Waals surface area contributed by atoms with E-state index in [1.165, 1.54) is 5.56 Å². The van der Waals surface area contributed by atoms with Gasteiger partial charge in [0.25, 0.3) is 5.56 Å². The lowest BCUT2D eigenvalue weighted by Gasteiger charge is -2.17. The molecule has 0 unspecified atom stereocenters. The van der Waals surface area contributed by atoms with Crippen LogP contribution >= 0.6 is 0 Å². The molecule has 0 saturated heterocycles. The van der Waals surface area contributed by atoms with Crippen molar-refractivity contribution >= 4 is 0 Å². The maximum Gasteiger partial charge on any atom is 0.274 e. The summed E-state index contributed by atoms with van der Waals surface area (Å²) in [5, 5.41) is 3.23. The summed E-state index contributed by atoms with van der Waals surface area (Å²) in [6, 6.07) is 7.93. The van der Waals surface area contributed by atoms with Crippen LogP contribution in [0.3, 0.4) is 0 Å². The van der Waals surface area contributed by atoms with E-state index in [9.17, 15) is 4.79 Å². The zero-order valence-electron chi connectivity index (χ0n) is 11.7. The van der Waals surface area contributed by atoms with Crippen molar-refractivity contribution in [3.05, 3.63) is 51.4 Å². The van der Waals surface area contributed by atoms with Gasteiger partial charge in [-0.25, -0.2) is 4.68 Å². The molecule has 0 spiro atoms. The van der Waals surface area contributed by atoms with Gasteiger partial charge in [0.15, 0.2) is 0 Å². The van der Waals surface area contributed by atoms with Gasteiger partial charge in [0.05, 0.1) is 5.69 Å². The van der Waals surface area contributed by atoms with E-state index < -0.39 is 0 Å². The summed E-state index contributed by atoms with van der Waals surface area (Å²) in [7, 11) is 0. The molecule has 0 saturated carbocycles. The number of hydrogen-bond acceptors (Lipinski definition) is 1. The molecule has 96 valence electrons. The first kappa shape index (κ1) is 12.7. The van der Waals surface area contributed by atoms with E-state index in [1.54, 1.807) is 4.68 Å².